The van der Waals surface area contributed by atoms with Gasteiger partial charge < -0.3 is 14.2 Å². The van der Waals surface area contributed by atoms with Gasteiger partial charge in [0.2, 0.25) is 0 Å². The molecule has 0 radical (unpaired) electrons. The first kappa shape index (κ1) is 51.4. The van der Waals surface area contributed by atoms with Crippen LogP contribution in [0.3, 0.4) is 0 Å². The van der Waals surface area contributed by atoms with Crippen LogP contribution in [0.5, 0.6) is 0 Å². The molecule has 0 N–H and O–H groups in total. The zero-order valence-electron chi connectivity index (χ0n) is 36.1. The molecule has 0 aliphatic rings. The Morgan fingerprint density at radius 1 is 0.396 bits per heavy atom. The molecule has 0 amide bonds. The summed E-state index contributed by atoms with van der Waals surface area (Å²) in [5, 5.41) is 0. The van der Waals surface area contributed by atoms with Crippen LogP contribution in [0.4, 0.5) is 0 Å². The second-order valence-electron chi connectivity index (χ2n) is 16.8. The lowest BCUT2D eigenvalue weighted by Gasteiger charge is -2.18. The van der Waals surface area contributed by atoms with E-state index >= 15 is 0 Å². The fraction of sp³-hybridized carbons (Fsp3) is 0.936. The van der Waals surface area contributed by atoms with E-state index in [4.69, 9.17) is 14.2 Å². The van der Waals surface area contributed by atoms with Crippen molar-refractivity contribution in [3.63, 3.8) is 0 Å². The largest absolute Gasteiger partial charge is 0.462 e. The molecule has 0 aromatic heterocycles. The highest BCUT2D eigenvalue weighted by atomic mass is 16.6. The Bertz CT molecular complexity index is 811. The molecule has 6 nitrogen and oxygen atoms in total. The Labute approximate surface area is 329 Å². The van der Waals surface area contributed by atoms with Gasteiger partial charge in [-0.25, -0.2) is 0 Å². The number of carbonyl (C=O) groups excluding carboxylic acids is 3. The molecule has 0 bridgehead atoms. The highest BCUT2D eigenvalue weighted by Gasteiger charge is 2.19. The molecule has 2 atom stereocenters. The Morgan fingerprint density at radius 3 is 1.08 bits per heavy atom. The van der Waals surface area contributed by atoms with E-state index in [0.717, 1.165) is 69.6 Å². The van der Waals surface area contributed by atoms with Gasteiger partial charge in [-0.05, 0) is 31.1 Å². The maximum absolute atomic E-state index is 12.7. The summed E-state index contributed by atoms with van der Waals surface area (Å²) < 4.78 is 16.7. The van der Waals surface area contributed by atoms with Gasteiger partial charge in [0.05, 0.1) is 0 Å². The Balaban J connectivity index is 4.27. The molecule has 0 spiro atoms. The predicted octanol–water partition coefficient (Wildman–Crippen LogP) is 14.6. The molecule has 0 rings (SSSR count). The first-order valence-corrected chi connectivity index (χ1v) is 23.3. The molecular weight excluding hydrogens is 661 g/mol. The molecule has 1 unspecified atom stereocenters. The SMILES string of the molecule is CCCCCCCCCCCC(=O)OC[C@@H](COC(=O)CCCCCCCCCCCCCCCC(C)C)OC(=O)CCCCCCCCC(C)CC. The second kappa shape index (κ2) is 40.1. The Morgan fingerprint density at radius 2 is 0.717 bits per heavy atom. The Kier molecular flexibility index (Phi) is 38.9. The molecule has 6 heteroatoms. The van der Waals surface area contributed by atoms with E-state index < -0.39 is 6.10 Å². The first-order chi connectivity index (χ1) is 25.8. The third-order valence-corrected chi connectivity index (χ3v) is 10.8. The van der Waals surface area contributed by atoms with E-state index in [2.05, 4.69) is 34.6 Å². The molecule has 0 saturated carbocycles. The van der Waals surface area contributed by atoms with Crippen molar-refractivity contribution in [2.24, 2.45) is 11.8 Å². The van der Waals surface area contributed by atoms with Crippen molar-refractivity contribution in [3.8, 4) is 0 Å². The second-order valence-corrected chi connectivity index (χ2v) is 16.8. The maximum Gasteiger partial charge on any atom is 0.306 e. The monoisotopic (exact) mass is 751 g/mol. The minimum atomic E-state index is -0.760. The number of ether oxygens (including phenoxy) is 3. The maximum atomic E-state index is 12.7. The van der Waals surface area contributed by atoms with Gasteiger partial charge in [0.15, 0.2) is 6.10 Å². The molecule has 0 saturated heterocycles. The van der Waals surface area contributed by atoms with E-state index in [0.29, 0.717) is 19.3 Å². The van der Waals surface area contributed by atoms with Gasteiger partial charge in [-0.2, -0.15) is 0 Å². The lowest BCUT2D eigenvalue weighted by molar-refractivity contribution is -0.167. The molecule has 0 aliphatic heterocycles. The summed E-state index contributed by atoms with van der Waals surface area (Å²) in [6.07, 6.45) is 38.1. The van der Waals surface area contributed by atoms with Crippen molar-refractivity contribution in [2.45, 2.75) is 259 Å². The molecule has 0 fully saturated rings. The molecule has 0 aliphatic carbocycles. The van der Waals surface area contributed by atoms with Crippen LogP contribution in [-0.2, 0) is 28.6 Å². The first-order valence-electron chi connectivity index (χ1n) is 23.3. The van der Waals surface area contributed by atoms with Crippen molar-refractivity contribution in [1.82, 2.24) is 0 Å². The fourth-order valence-electron chi connectivity index (χ4n) is 6.90. The average molecular weight is 751 g/mol. The number of rotatable bonds is 41. The van der Waals surface area contributed by atoms with Crippen LogP contribution in [-0.4, -0.2) is 37.2 Å². The normalized spacial score (nSPS) is 12.6. The third kappa shape index (κ3) is 39.9. The van der Waals surface area contributed by atoms with Gasteiger partial charge in [0.25, 0.3) is 0 Å². The fourth-order valence-corrected chi connectivity index (χ4v) is 6.90. The third-order valence-electron chi connectivity index (χ3n) is 10.8. The van der Waals surface area contributed by atoms with E-state index in [-0.39, 0.29) is 31.1 Å². The summed E-state index contributed by atoms with van der Waals surface area (Å²) in [7, 11) is 0. The van der Waals surface area contributed by atoms with Crippen molar-refractivity contribution in [1.29, 1.82) is 0 Å². The van der Waals surface area contributed by atoms with Crippen LogP contribution in [0.15, 0.2) is 0 Å². The number of carbonyl (C=O) groups is 3. The summed E-state index contributed by atoms with van der Waals surface area (Å²) >= 11 is 0. The van der Waals surface area contributed by atoms with Gasteiger partial charge in [0, 0.05) is 19.3 Å². The summed E-state index contributed by atoms with van der Waals surface area (Å²) in [5.74, 6) is 0.788. The summed E-state index contributed by atoms with van der Waals surface area (Å²) in [5.41, 5.74) is 0. The topological polar surface area (TPSA) is 78.9 Å². The van der Waals surface area contributed by atoms with Crippen LogP contribution in [0.25, 0.3) is 0 Å². The molecule has 0 aromatic rings. The zero-order valence-corrected chi connectivity index (χ0v) is 36.1. The lowest BCUT2D eigenvalue weighted by atomic mass is 10.00. The predicted molar refractivity (Wildman–Crippen MR) is 224 cm³/mol. The van der Waals surface area contributed by atoms with Crippen LogP contribution < -0.4 is 0 Å². The molecule has 0 heterocycles. The zero-order chi connectivity index (χ0) is 39.0. The molecule has 0 aromatic carbocycles. The van der Waals surface area contributed by atoms with E-state index in [1.807, 2.05) is 0 Å². The van der Waals surface area contributed by atoms with Crippen molar-refractivity contribution < 1.29 is 28.6 Å². The van der Waals surface area contributed by atoms with Crippen LogP contribution in [0.1, 0.15) is 253 Å². The standard InChI is InChI=1S/C47H90O6/c1-6-8-9-10-11-17-21-27-32-37-45(48)51-40-44(53-47(50)39-34-29-24-23-26-31-36-43(5)7-2)41-52-46(49)38-33-28-22-19-16-14-12-13-15-18-20-25-30-35-42(3)4/h42-44H,6-41H2,1-5H3/t43?,44-/m0/s1. The number of hydrogen-bond donors (Lipinski definition) is 0. The van der Waals surface area contributed by atoms with E-state index in [1.165, 1.54) is 141 Å². The minimum Gasteiger partial charge on any atom is -0.462 e. The van der Waals surface area contributed by atoms with Crippen molar-refractivity contribution in [2.75, 3.05) is 13.2 Å². The number of unbranched alkanes of at least 4 members (excludes halogenated alkanes) is 25. The highest BCUT2D eigenvalue weighted by molar-refractivity contribution is 5.71. The van der Waals surface area contributed by atoms with Crippen LogP contribution in [0, 0.1) is 11.8 Å². The minimum absolute atomic E-state index is 0.0655. The summed E-state index contributed by atoms with van der Waals surface area (Å²) in [6, 6.07) is 0. The van der Waals surface area contributed by atoms with Gasteiger partial charge in [-0.15, -0.1) is 0 Å². The van der Waals surface area contributed by atoms with Gasteiger partial charge in [-0.3, -0.25) is 14.4 Å². The summed E-state index contributed by atoms with van der Waals surface area (Å²) in [4.78, 5) is 37.7. The molecular formula is C47H90O6. The van der Waals surface area contributed by atoms with Crippen molar-refractivity contribution in [3.05, 3.63) is 0 Å². The van der Waals surface area contributed by atoms with Crippen LogP contribution in [0.2, 0.25) is 0 Å². The van der Waals surface area contributed by atoms with E-state index in [9.17, 15) is 14.4 Å². The Hall–Kier alpha value is -1.59. The number of esters is 3. The number of hydrogen-bond acceptors (Lipinski definition) is 6. The highest BCUT2D eigenvalue weighted by Crippen LogP contribution is 2.17. The van der Waals surface area contributed by atoms with Crippen molar-refractivity contribution >= 4 is 17.9 Å². The molecule has 53 heavy (non-hydrogen) atoms. The van der Waals surface area contributed by atoms with Gasteiger partial charge in [0.1, 0.15) is 13.2 Å². The van der Waals surface area contributed by atoms with Gasteiger partial charge in [-0.1, -0.05) is 214 Å². The van der Waals surface area contributed by atoms with Crippen LogP contribution >= 0.6 is 0 Å². The average Bonchev–Trinajstić information content (AvgIpc) is 3.14. The lowest BCUT2D eigenvalue weighted by Crippen LogP contribution is -2.30. The smallest absolute Gasteiger partial charge is 0.306 e. The van der Waals surface area contributed by atoms with E-state index in [1.54, 1.807) is 0 Å². The summed E-state index contributed by atoms with van der Waals surface area (Å²) in [6.45, 7) is 11.3. The molecule has 314 valence electrons. The quantitative estimate of drug-likeness (QED) is 0.0352. The van der Waals surface area contributed by atoms with Gasteiger partial charge >= 0.3 is 17.9 Å².